The van der Waals surface area contributed by atoms with E-state index in [-0.39, 0.29) is 11.8 Å². The van der Waals surface area contributed by atoms with E-state index in [0.29, 0.717) is 5.92 Å². The first-order chi connectivity index (χ1) is 9.66. The maximum Gasteiger partial charge on any atom is 0.229 e. The molecule has 104 valence electrons. The quantitative estimate of drug-likeness (QED) is 0.880. The van der Waals surface area contributed by atoms with Crippen LogP contribution < -0.4 is 10.6 Å². The van der Waals surface area contributed by atoms with Crippen molar-refractivity contribution in [3.63, 3.8) is 0 Å². The number of anilines is 1. The van der Waals surface area contributed by atoms with E-state index in [9.17, 15) is 4.79 Å². The molecule has 0 bridgehead atoms. The van der Waals surface area contributed by atoms with Gasteiger partial charge in [-0.2, -0.15) is 0 Å². The fraction of sp³-hybridized carbons (Fsp3) is 0.375. The molecule has 0 spiro atoms. The number of rotatable bonds is 2. The maximum absolute atomic E-state index is 12.4. The van der Waals surface area contributed by atoms with E-state index in [0.717, 1.165) is 35.2 Å². The highest BCUT2D eigenvalue weighted by Crippen LogP contribution is 2.26. The molecule has 1 aromatic carbocycles. The molecule has 1 aromatic heterocycles. The first kappa shape index (κ1) is 13.1. The van der Waals surface area contributed by atoms with Gasteiger partial charge < -0.3 is 10.6 Å². The van der Waals surface area contributed by atoms with E-state index < -0.39 is 0 Å². The highest BCUT2D eigenvalue weighted by atomic mass is 16.1. The lowest BCUT2D eigenvalue weighted by Gasteiger charge is -2.15. The van der Waals surface area contributed by atoms with Crippen molar-refractivity contribution in [1.82, 2.24) is 10.3 Å². The minimum atomic E-state index is 0.0445. The van der Waals surface area contributed by atoms with Gasteiger partial charge in [-0.05, 0) is 43.1 Å². The molecule has 2 heterocycles. The number of aromatic nitrogens is 1. The van der Waals surface area contributed by atoms with Crippen molar-refractivity contribution >= 4 is 22.5 Å². The second kappa shape index (κ2) is 5.21. The third-order valence-electron chi connectivity index (χ3n) is 4.08. The van der Waals surface area contributed by atoms with Crippen molar-refractivity contribution in [2.45, 2.75) is 13.8 Å². The number of pyridine rings is 1. The lowest BCUT2D eigenvalue weighted by molar-refractivity contribution is -0.120. The summed E-state index contributed by atoms with van der Waals surface area (Å²) < 4.78 is 0. The Labute approximate surface area is 118 Å². The van der Waals surface area contributed by atoms with Crippen molar-refractivity contribution in [3.8, 4) is 0 Å². The van der Waals surface area contributed by atoms with E-state index in [1.54, 1.807) is 6.20 Å². The number of carbonyl (C=O) groups is 1. The fourth-order valence-electron chi connectivity index (χ4n) is 2.81. The van der Waals surface area contributed by atoms with E-state index in [1.807, 2.05) is 31.2 Å². The van der Waals surface area contributed by atoms with Crippen LogP contribution >= 0.6 is 0 Å². The number of hydrogen-bond donors (Lipinski definition) is 2. The smallest absolute Gasteiger partial charge is 0.229 e. The van der Waals surface area contributed by atoms with Crippen molar-refractivity contribution in [2.75, 3.05) is 18.4 Å². The lowest BCUT2D eigenvalue weighted by Crippen LogP contribution is -2.27. The molecule has 4 nitrogen and oxygen atoms in total. The Morgan fingerprint density at radius 3 is 2.95 bits per heavy atom. The van der Waals surface area contributed by atoms with Crippen LogP contribution in [0.5, 0.6) is 0 Å². The van der Waals surface area contributed by atoms with Gasteiger partial charge in [0.1, 0.15) is 0 Å². The van der Waals surface area contributed by atoms with Gasteiger partial charge in [-0.15, -0.1) is 0 Å². The van der Waals surface area contributed by atoms with Crippen LogP contribution in [0.1, 0.15) is 12.5 Å². The van der Waals surface area contributed by atoms with Gasteiger partial charge in [0.25, 0.3) is 0 Å². The zero-order chi connectivity index (χ0) is 14.1. The molecule has 1 fully saturated rings. The maximum atomic E-state index is 12.4. The highest BCUT2D eigenvalue weighted by molar-refractivity contribution is 6.02. The van der Waals surface area contributed by atoms with Crippen LogP contribution in [0.4, 0.5) is 5.69 Å². The Morgan fingerprint density at radius 1 is 1.35 bits per heavy atom. The summed E-state index contributed by atoms with van der Waals surface area (Å²) >= 11 is 0. The number of fused-ring (bicyclic) bond motifs is 1. The Kier molecular flexibility index (Phi) is 3.40. The topological polar surface area (TPSA) is 54.0 Å². The molecule has 1 amide bonds. The van der Waals surface area contributed by atoms with Crippen LogP contribution in [0.15, 0.2) is 30.5 Å². The van der Waals surface area contributed by atoms with Gasteiger partial charge in [0.15, 0.2) is 0 Å². The summed E-state index contributed by atoms with van der Waals surface area (Å²) in [4.78, 5) is 16.8. The molecule has 20 heavy (non-hydrogen) atoms. The van der Waals surface area contributed by atoms with E-state index >= 15 is 0 Å². The van der Waals surface area contributed by atoms with Crippen LogP contribution in [0.3, 0.4) is 0 Å². The third-order valence-corrected chi connectivity index (χ3v) is 4.08. The number of nitrogens with one attached hydrogen (secondary N) is 2. The summed E-state index contributed by atoms with van der Waals surface area (Å²) in [6.45, 7) is 5.81. The SMILES string of the molecule is Cc1ccc(NC(=O)C2CNCC2C)c2cccnc12. The van der Waals surface area contributed by atoms with Gasteiger partial charge in [-0.3, -0.25) is 9.78 Å². The predicted octanol–water partition coefficient (Wildman–Crippen LogP) is 2.34. The number of amides is 1. The second-order valence-corrected chi connectivity index (χ2v) is 5.56. The molecule has 2 unspecified atom stereocenters. The van der Waals surface area contributed by atoms with Gasteiger partial charge in [-0.1, -0.05) is 13.0 Å². The second-order valence-electron chi connectivity index (χ2n) is 5.56. The van der Waals surface area contributed by atoms with Crippen LogP contribution in [-0.4, -0.2) is 24.0 Å². The average Bonchev–Trinajstić information content (AvgIpc) is 2.88. The largest absolute Gasteiger partial charge is 0.325 e. The number of aryl methyl sites for hydroxylation is 1. The minimum Gasteiger partial charge on any atom is -0.325 e. The summed E-state index contributed by atoms with van der Waals surface area (Å²) in [5.41, 5.74) is 2.92. The molecule has 1 saturated heterocycles. The normalized spacial score (nSPS) is 22.1. The van der Waals surface area contributed by atoms with Crippen LogP contribution in [-0.2, 0) is 4.79 Å². The molecule has 3 rings (SSSR count). The molecule has 1 aliphatic rings. The Morgan fingerprint density at radius 2 is 2.20 bits per heavy atom. The predicted molar refractivity (Wildman–Crippen MR) is 80.6 cm³/mol. The number of hydrogen-bond acceptors (Lipinski definition) is 3. The summed E-state index contributed by atoms with van der Waals surface area (Å²) in [6.07, 6.45) is 1.78. The zero-order valence-corrected chi connectivity index (χ0v) is 11.8. The van der Waals surface area contributed by atoms with E-state index in [4.69, 9.17) is 0 Å². The van der Waals surface area contributed by atoms with E-state index in [1.165, 1.54) is 0 Å². The highest BCUT2D eigenvalue weighted by Gasteiger charge is 2.29. The fourth-order valence-corrected chi connectivity index (χ4v) is 2.81. The molecule has 0 saturated carbocycles. The van der Waals surface area contributed by atoms with Crippen molar-refractivity contribution in [3.05, 3.63) is 36.0 Å². The van der Waals surface area contributed by atoms with Gasteiger partial charge in [-0.25, -0.2) is 0 Å². The molecular formula is C16H19N3O. The summed E-state index contributed by atoms with van der Waals surface area (Å²) in [5.74, 6) is 0.518. The monoisotopic (exact) mass is 269 g/mol. The Bertz CT molecular complexity index is 653. The van der Waals surface area contributed by atoms with Crippen molar-refractivity contribution in [2.24, 2.45) is 11.8 Å². The molecule has 4 heteroatoms. The lowest BCUT2D eigenvalue weighted by atomic mass is 9.97. The third kappa shape index (κ3) is 2.27. The standard InChI is InChI=1S/C16H19N3O/c1-10-5-6-14(12-4-3-7-18-15(10)12)19-16(20)13-9-17-8-11(13)2/h3-7,11,13,17H,8-9H2,1-2H3,(H,19,20). The first-order valence-corrected chi connectivity index (χ1v) is 7.02. The number of benzene rings is 1. The molecule has 2 aromatic rings. The summed E-state index contributed by atoms with van der Waals surface area (Å²) in [7, 11) is 0. The van der Waals surface area contributed by atoms with Crippen molar-refractivity contribution < 1.29 is 4.79 Å². The molecular weight excluding hydrogens is 250 g/mol. The minimum absolute atomic E-state index is 0.0445. The Hall–Kier alpha value is -1.94. The zero-order valence-electron chi connectivity index (χ0n) is 11.8. The summed E-state index contributed by atoms with van der Waals surface area (Å²) in [6, 6.07) is 7.87. The van der Waals surface area contributed by atoms with Gasteiger partial charge in [0, 0.05) is 18.1 Å². The van der Waals surface area contributed by atoms with Crippen LogP contribution in [0.25, 0.3) is 10.9 Å². The first-order valence-electron chi connectivity index (χ1n) is 7.02. The summed E-state index contributed by atoms with van der Waals surface area (Å²) in [5, 5.41) is 7.33. The van der Waals surface area contributed by atoms with Gasteiger partial charge in [0.2, 0.25) is 5.91 Å². The Balaban J connectivity index is 1.91. The van der Waals surface area contributed by atoms with E-state index in [2.05, 4.69) is 22.5 Å². The van der Waals surface area contributed by atoms with Crippen molar-refractivity contribution in [1.29, 1.82) is 0 Å². The molecule has 0 aliphatic carbocycles. The average molecular weight is 269 g/mol. The molecule has 0 radical (unpaired) electrons. The van der Waals surface area contributed by atoms with Gasteiger partial charge in [0.05, 0.1) is 17.1 Å². The molecule has 2 N–H and O–H groups in total. The van der Waals surface area contributed by atoms with Crippen LogP contribution in [0, 0.1) is 18.8 Å². The van der Waals surface area contributed by atoms with Gasteiger partial charge >= 0.3 is 0 Å². The number of nitrogens with zero attached hydrogens (tertiary/aromatic N) is 1. The molecule has 2 atom stereocenters. The van der Waals surface area contributed by atoms with Crippen LogP contribution in [0.2, 0.25) is 0 Å². The number of carbonyl (C=O) groups excluding carboxylic acids is 1. The molecule has 1 aliphatic heterocycles.